The normalized spacial score (nSPS) is 12.5. The summed E-state index contributed by atoms with van der Waals surface area (Å²) < 4.78 is 14.0. The van der Waals surface area contributed by atoms with Crippen molar-refractivity contribution in [3.8, 4) is 33.4 Å². The lowest BCUT2D eigenvalue weighted by Crippen LogP contribution is -2.29. The Balaban J connectivity index is 1.02. The van der Waals surface area contributed by atoms with Crippen molar-refractivity contribution in [2.45, 2.75) is 5.41 Å². The molecule has 0 bridgehead atoms. The van der Waals surface area contributed by atoms with Crippen molar-refractivity contribution in [1.82, 2.24) is 0 Å². The van der Waals surface area contributed by atoms with Gasteiger partial charge < -0.3 is 18.6 Å². The Morgan fingerprint density at radius 1 is 0.259 bits per heavy atom. The third kappa shape index (κ3) is 7.17. The summed E-state index contributed by atoms with van der Waals surface area (Å²) in [5, 5.41) is 6.58. The van der Waals surface area contributed by atoms with Gasteiger partial charge in [-0.05, 0) is 104 Å². The summed E-state index contributed by atoms with van der Waals surface area (Å²) in [6.45, 7) is 0. The largest absolute Gasteiger partial charge is 0.454 e. The van der Waals surface area contributed by atoms with E-state index in [0.29, 0.717) is 0 Å². The van der Waals surface area contributed by atoms with Crippen LogP contribution in [0.2, 0.25) is 0 Å². The summed E-state index contributed by atoms with van der Waals surface area (Å²) in [6, 6.07) is 110. The Hall–Kier alpha value is -10.7. The number of nitrogens with zero attached hydrogens (tertiary/aromatic N) is 2. The lowest BCUT2D eigenvalue weighted by atomic mass is 9.67. The molecule has 0 radical (unpaired) electrons. The van der Waals surface area contributed by atoms with Crippen molar-refractivity contribution in [3.63, 3.8) is 0 Å². The number of rotatable bonds is 10. The molecule has 0 amide bonds. The number of furan rings is 2. The monoisotopic (exact) mass is 1030 g/mol. The van der Waals surface area contributed by atoms with Crippen LogP contribution in [0.4, 0.5) is 34.1 Å². The standard InChI is InChI=1S/C77H50N2O2/c1-5-25-51(26-6-1)56-33-15-19-41-67(56)78(69-43-23-39-62-59-36-17-21-45-72(59)80-75(62)69)55-47-48-64-65(49-55)77(53-29-9-3-10-30-53,54-31-11-4-12-32-54)66-50-71(58-35-13-14-38-61(58)74(64)66)79(68-42-20-16-34-57(68)52-27-7-2-8-28-52)70-44-24-40-63-60-37-18-22-46-73(60)81-76(63)70/h1-50H. The van der Waals surface area contributed by atoms with Gasteiger partial charge >= 0.3 is 0 Å². The van der Waals surface area contributed by atoms with Gasteiger partial charge in [0.25, 0.3) is 0 Å². The molecule has 16 rings (SSSR count). The summed E-state index contributed by atoms with van der Waals surface area (Å²) >= 11 is 0. The van der Waals surface area contributed by atoms with Crippen LogP contribution in [0.1, 0.15) is 22.3 Å². The SMILES string of the molecule is c1ccc(-c2ccccc2N(c2ccc3c(c2)C(c2ccccc2)(c2ccccc2)c2cc(N(c4ccccc4-c4ccccc4)c4cccc5c4oc4ccccc45)c4ccccc4c2-3)c2cccc3c2oc2ccccc23)cc1. The van der Waals surface area contributed by atoms with E-state index in [1.54, 1.807) is 0 Å². The zero-order chi connectivity index (χ0) is 53.4. The van der Waals surface area contributed by atoms with Crippen LogP contribution in [0.3, 0.4) is 0 Å². The van der Waals surface area contributed by atoms with Gasteiger partial charge in [-0.15, -0.1) is 0 Å². The highest BCUT2D eigenvalue weighted by Gasteiger charge is 2.48. The second-order valence-corrected chi connectivity index (χ2v) is 21.0. The molecule has 15 aromatic rings. The van der Waals surface area contributed by atoms with Gasteiger partial charge in [0, 0.05) is 43.7 Å². The lowest BCUT2D eigenvalue weighted by molar-refractivity contribution is 0.669. The molecule has 4 heteroatoms. The van der Waals surface area contributed by atoms with Crippen LogP contribution in [-0.2, 0) is 5.41 Å². The average Bonchev–Trinajstić information content (AvgIpc) is 4.27. The van der Waals surface area contributed by atoms with Crippen LogP contribution in [0, 0.1) is 0 Å². The highest BCUT2D eigenvalue weighted by Crippen LogP contribution is 2.62. The van der Waals surface area contributed by atoms with E-state index in [2.05, 4.69) is 307 Å². The zero-order valence-electron chi connectivity index (χ0n) is 44.1. The molecule has 380 valence electrons. The quantitative estimate of drug-likeness (QED) is 0.137. The molecule has 0 spiro atoms. The number of anilines is 6. The number of hydrogen-bond donors (Lipinski definition) is 0. The molecule has 1 aliphatic rings. The molecule has 0 N–H and O–H groups in total. The first kappa shape index (κ1) is 46.4. The molecule has 1 aliphatic carbocycles. The van der Waals surface area contributed by atoms with E-state index in [4.69, 9.17) is 8.83 Å². The van der Waals surface area contributed by atoms with Crippen LogP contribution in [0.25, 0.3) is 88.0 Å². The smallest absolute Gasteiger partial charge is 0.159 e. The molecule has 81 heavy (non-hydrogen) atoms. The van der Waals surface area contributed by atoms with Crippen molar-refractivity contribution >= 4 is 88.8 Å². The first-order chi connectivity index (χ1) is 40.2. The van der Waals surface area contributed by atoms with E-state index in [1.165, 1.54) is 33.4 Å². The first-order valence-electron chi connectivity index (χ1n) is 27.7. The molecule has 4 nitrogen and oxygen atoms in total. The third-order valence-corrected chi connectivity index (χ3v) is 16.7. The molecule has 2 aromatic heterocycles. The van der Waals surface area contributed by atoms with Crippen LogP contribution in [0.5, 0.6) is 0 Å². The van der Waals surface area contributed by atoms with Crippen LogP contribution in [-0.4, -0.2) is 0 Å². The highest BCUT2D eigenvalue weighted by atomic mass is 16.3. The summed E-state index contributed by atoms with van der Waals surface area (Å²) in [4.78, 5) is 4.90. The third-order valence-electron chi connectivity index (χ3n) is 16.7. The molecule has 0 aliphatic heterocycles. The van der Waals surface area contributed by atoms with Gasteiger partial charge in [0.2, 0.25) is 0 Å². The fraction of sp³-hybridized carbons (Fsp3) is 0.0130. The van der Waals surface area contributed by atoms with Crippen molar-refractivity contribution in [3.05, 3.63) is 326 Å². The van der Waals surface area contributed by atoms with Gasteiger partial charge in [-0.3, -0.25) is 0 Å². The number of hydrogen-bond acceptors (Lipinski definition) is 4. The molecule has 0 fully saturated rings. The Labute approximate surface area is 469 Å². The maximum atomic E-state index is 7.02. The van der Waals surface area contributed by atoms with Crippen LogP contribution >= 0.6 is 0 Å². The van der Waals surface area contributed by atoms with Gasteiger partial charge in [-0.1, -0.05) is 249 Å². The number of fused-ring (bicyclic) bond motifs is 11. The number of para-hydroxylation sites is 6. The Bertz CT molecular complexity index is 4850. The molecular weight excluding hydrogens is 985 g/mol. The van der Waals surface area contributed by atoms with Gasteiger partial charge in [0.15, 0.2) is 11.2 Å². The van der Waals surface area contributed by atoms with Crippen LogP contribution < -0.4 is 9.80 Å². The van der Waals surface area contributed by atoms with Crippen molar-refractivity contribution in [1.29, 1.82) is 0 Å². The minimum Gasteiger partial charge on any atom is -0.454 e. The fourth-order valence-electron chi connectivity index (χ4n) is 13.3. The van der Waals surface area contributed by atoms with E-state index >= 15 is 0 Å². The Kier molecular flexibility index (Phi) is 10.8. The van der Waals surface area contributed by atoms with E-state index in [0.717, 1.165) is 111 Å². The second-order valence-electron chi connectivity index (χ2n) is 21.0. The molecule has 2 heterocycles. The van der Waals surface area contributed by atoms with E-state index in [9.17, 15) is 0 Å². The van der Waals surface area contributed by atoms with Gasteiger partial charge in [-0.25, -0.2) is 0 Å². The summed E-state index contributed by atoms with van der Waals surface area (Å²) in [7, 11) is 0. The minimum absolute atomic E-state index is 0.825. The van der Waals surface area contributed by atoms with Gasteiger partial charge in [0.05, 0.1) is 33.9 Å². The zero-order valence-corrected chi connectivity index (χ0v) is 44.1. The molecule has 0 unspecified atom stereocenters. The van der Waals surface area contributed by atoms with Crippen molar-refractivity contribution in [2.24, 2.45) is 0 Å². The Morgan fingerprint density at radius 3 is 1.23 bits per heavy atom. The molecule has 0 saturated heterocycles. The molecular formula is C77H50N2O2. The maximum absolute atomic E-state index is 7.02. The average molecular weight is 1040 g/mol. The van der Waals surface area contributed by atoms with E-state index < -0.39 is 5.41 Å². The highest BCUT2D eigenvalue weighted by molar-refractivity contribution is 6.16. The van der Waals surface area contributed by atoms with Crippen molar-refractivity contribution < 1.29 is 8.83 Å². The molecule has 13 aromatic carbocycles. The summed E-state index contributed by atoms with van der Waals surface area (Å²) in [6.07, 6.45) is 0. The Morgan fingerprint density at radius 2 is 0.679 bits per heavy atom. The minimum atomic E-state index is -0.825. The first-order valence-corrected chi connectivity index (χ1v) is 27.7. The molecule has 0 atom stereocenters. The van der Waals surface area contributed by atoms with Crippen molar-refractivity contribution in [2.75, 3.05) is 9.80 Å². The number of benzene rings is 13. The lowest BCUT2D eigenvalue weighted by Gasteiger charge is -2.36. The van der Waals surface area contributed by atoms with Crippen LogP contribution in [0.15, 0.2) is 312 Å². The maximum Gasteiger partial charge on any atom is 0.159 e. The molecule has 0 saturated carbocycles. The topological polar surface area (TPSA) is 32.8 Å². The predicted molar refractivity (Wildman–Crippen MR) is 336 cm³/mol. The fourth-order valence-corrected chi connectivity index (χ4v) is 13.3. The summed E-state index contributed by atoms with van der Waals surface area (Å²) in [5.41, 5.74) is 20.1. The predicted octanol–water partition coefficient (Wildman–Crippen LogP) is 21.3. The van der Waals surface area contributed by atoms with Gasteiger partial charge in [-0.2, -0.15) is 0 Å². The van der Waals surface area contributed by atoms with E-state index in [-0.39, 0.29) is 0 Å². The van der Waals surface area contributed by atoms with E-state index in [1.807, 2.05) is 6.07 Å². The summed E-state index contributed by atoms with van der Waals surface area (Å²) in [5.74, 6) is 0. The second kappa shape index (κ2) is 18.8. The van der Waals surface area contributed by atoms with Gasteiger partial charge in [0.1, 0.15) is 11.2 Å².